The van der Waals surface area contributed by atoms with E-state index < -0.39 is 28.1 Å². The Morgan fingerprint density at radius 3 is 2.53 bits per heavy atom. The highest BCUT2D eigenvalue weighted by Crippen LogP contribution is 2.24. The minimum absolute atomic E-state index is 0.0631. The number of sulfonamides is 1. The van der Waals surface area contributed by atoms with E-state index >= 15 is 0 Å². The average molecular weight is 328 g/mol. The van der Waals surface area contributed by atoms with Crippen LogP contribution in [0, 0.1) is 0 Å². The molecule has 19 heavy (non-hydrogen) atoms. The molecule has 1 aromatic carbocycles. The Bertz CT molecular complexity index is 600. The van der Waals surface area contributed by atoms with Crippen LogP contribution in [-0.2, 0) is 14.8 Å². The fraction of sp³-hybridized carbons (Fsp3) is 0.300. The first-order valence-electron chi connectivity index (χ1n) is 4.97. The highest BCUT2D eigenvalue weighted by atomic mass is 35.5. The Balaban J connectivity index is 3.00. The summed E-state index contributed by atoms with van der Waals surface area (Å²) in [5.74, 6) is -1.55. The molecule has 0 amide bonds. The third-order valence-corrected chi connectivity index (χ3v) is 4.37. The van der Waals surface area contributed by atoms with Crippen LogP contribution in [0.1, 0.15) is 6.92 Å². The number of nitrogens with one attached hydrogen (secondary N) is 1. The third kappa shape index (κ3) is 4.05. The number of benzene rings is 1. The molecule has 0 saturated heterocycles. The van der Waals surface area contributed by atoms with Gasteiger partial charge in [0.15, 0.2) is 5.60 Å². The molecule has 9 heteroatoms. The first kappa shape index (κ1) is 16.2. The van der Waals surface area contributed by atoms with Crippen molar-refractivity contribution in [1.82, 2.24) is 4.72 Å². The highest BCUT2D eigenvalue weighted by molar-refractivity contribution is 7.89. The lowest BCUT2D eigenvalue weighted by Crippen LogP contribution is -2.46. The van der Waals surface area contributed by atoms with Gasteiger partial charge in [-0.05, 0) is 25.1 Å². The van der Waals surface area contributed by atoms with E-state index in [0.29, 0.717) is 0 Å². The van der Waals surface area contributed by atoms with Crippen molar-refractivity contribution in [2.45, 2.75) is 17.4 Å². The minimum Gasteiger partial charge on any atom is -0.479 e. The Hall–Kier alpha value is -0.860. The molecule has 3 N–H and O–H groups in total. The second-order valence-corrected chi connectivity index (χ2v) is 6.56. The van der Waals surface area contributed by atoms with Gasteiger partial charge in [0, 0.05) is 5.02 Å². The van der Waals surface area contributed by atoms with Gasteiger partial charge in [0.25, 0.3) is 0 Å². The molecule has 0 aliphatic carbocycles. The van der Waals surface area contributed by atoms with Crippen molar-refractivity contribution in [3.63, 3.8) is 0 Å². The van der Waals surface area contributed by atoms with Gasteiger partial charge in [-0.3, -0.25) is 0 Å². The standard InChI is InChI=1S/C10H11Cl2NO5S/c1-10(16,9(14)15)5-13-19(17,18)8-4-6(11)2-3-7(8)12/h2-4,13,16H,5H2,1H3,(H,14,15). The zero-order chi connectivity index (χ0) is 14.8. The van der Waals surface area contributed by atoms with Crippen LogP contribution in [0.25, 0.3) is 0 Å². The van der Waals surface area contributed by atoms with E-state index in [4.69, 9.17) is 28.3 Å². The Kier molecular flexibility index (Phi) is 4.81. The second kappa shape index (κ2) is 5.64. The zero-order valence-corrected chi connectivity index (χ0v) is 12.1. The predicted octanol–water partition coefficient (Wildman–Crippen LogP) is 1.11. The molecule has 0 aromatic heterocycles. The molecule has 0 fully saturated rings. The van der Waals surface area contributed by atoms with Crippen LogP contribution in [0.3, 0.4) is 0 Å². The summed E-state index contributed by atoms with van der Waals surface area (Å²) in [5.41, 5.74) is -2.22. The summed E-state index contributed by atoms with van der Waals surface area (Å²) in [4.78, 5) is 10.4. The van der Waals surface area contributed by atoms with Gasteiger partial charge in [-0.1, -0.05) is 23.2 Å². The monoisotopic (exact) mass is 327 g/mol. The van der Waals surface area contributed by atoms with Gasteiger partial charge in [-0.15, -0.1) is 0 Å². The van der Waals surface area contributed by atoms with Gasteiger partial charge >= 0.3 is 5.97 Å². The molecule has 0 aliphatic heterocycles. The summed E-state index contributed by atoms with van der Waals surface area (Å²) in [6, 6.07) is 3.84. The molecule has 0 saturated carbocycles. The van der Waals surface area contributed by atoms with E-state index in [2.05, 4.69) is 0 Å². The van der Waals surface area contributed by atoms with Crippen molar-refractivity contribution in [2.24, 2.45) is 0 Å². The molecule has 0 spiro atoms. The number of carboxylic acid groups (broad SMARTS) is 1. The largest absolute Gasteiger partial charge is 0.479 e. The number of aliphatic hydroxyl groups is 1. The number of rotatable bonds is 5. The number of hydrogen-bond acceptors (Lipinski definition) is 4. The fourth-order valence-electron chi connectivity index (χ4n) is 1.07. The second-order valence-electron chi connectivity index (χ2n) is 3.98. The van der Waals surface area contributed by atoms with Crippen molar-refractivity contribution < 1.29 is 23.4 Å². The normalized spacial score (nSPS) is 14.9. The maximum atomic E-state index is 11.9. The van der Waals surface area contributed by atoms with Crippen molar-refractivity contribution in [3.05, 3.63) is 28.2 Å². The lowest BCUT2D eigenvalue weighted by atomic mass is 10.1. The predicted molar refractivity (Wildman–Crippen MR) is 69.9 cm³/mol. The number of hydrogen-bond donors (Lipinski definition) is 3. The number of aliphatic carboxylic acids is 1. The van der Waals surface area contributed by atoms with E-state index in [1.807, 2.05) is 4.72 Å². The van der Waals surface area contributed by atoms with E-state index in [9.17, 15) is 18.3 Å². The molecule has 1 unspecified atom stereocenters. The molecular weight excluding hydrogens is 317 g/mol. The quantitative estimate of drug-likeness (QED) is 0.751. The summed E-state index contributed by atoms with van der Waals surface area (Å²) in [6.45, 7) is 0.269. The lowest BCUT2D eigenvalue weighted by Gasteiger charge is -2.18. The van der Waals surface area contributed by atoms with Gasteiger partial charge in [0.2, 0.25) is 10.0 Å². The number of carbonyl (C=O) groups is 1. The van der Waals surface area contributed by atoms with E-state index in [1.165, 1.54) is 12.1 Å². The van der Waals surface area contributed by atoms with Crippen molar-refractivity contribution in [2.75, 3.05) is 6.54 Å². The topological polar surface area (TPSA) is 104 Å². The van der Waals surface area contributed by atoms with Crippen molar-refractivity contribution in [3.8, 4) is 0 Å². The molecule has 6 nitrogen and oxygen atoms in total. The van der Waals surface area contributed by atoms with E-state index in [0.717, 1.165) is 13.0 Å². The summed E-state index contributed by atoms with van der Waals surface area (Å²) < 4.78 is 25.8. The SMILES string of the molecule is CC(O)(CNS(=O)(=O)c1cc(Cl)ccc1Cl)C(=O)O. The summed E-state index contributed by atoms with van der Waals surface area (Å²) in [7, 11) is -4.07. The first-order chi connectivity index (χ1) is 8.56. The Morgan fingerprint density at radius 1 is 1.42 bits per heavy atom. The van der Waals surface area contributed by atoms with Crippen LogP contribution < -0.4 is 4.72 Å². The maximum absolute atomic E-state index is 11.9. The number of carboxylic acids is 1. The molecule has 1 aromatic rings. The molecule has 1 atom stereocenters. The summed E-state index contributed by atoms with van der Waals surface area (Å²) in [5, 5.41) is 18.2. The van der Waals surface area contributed by atoms with Gasteiger partial charge in [0.05, 0.1) is 11.6 Å². The highest BCUT2D eigenvalue weighted by Gasteiger charge is 2.32. The van der Waals surface area contributed by atoms with E-state index in [1.54, 1.807) is 0 Å². The molecule has 0 heterocycles. The smallest absolute Gasteiger partial charge is 0.336 e. The average Bonchev–Trinajstić information content (AvgIpc) is 2.30. The van der Waals surface area contributed by atoms with Gasteiger partial charge in [0.1, 0.15) is 4.90 Å². The maximum Gasteiger partial charge on any atom is 0.336 e. The zero-order valence-electron chi connectivity index (χ0n) is 9.72. The molecule has 0 bridgehead atoms. The van der Waals surface area contributed by atoms with Crippen molar-refractivity contribution >= 4 is 39.2 Å². The first-order valence-corrected chi connectivity index (χ1v) is 7.21. The number of halogens is 2. The Morgan fingerprint density at radius 2 is 2.00 bits per heavy atom. The summed E-state index contributed by atoms with van der Waals surface area (Å²) in [6.07, 6.45) is 0. The minimum atomic E-state index is -4.07. The lowest BCUT2D eigenvalue weighted by molar-refractivity contribution is -0.155. The third-order valence-electron chi connectivity index (χ3n) is 2.25. The molecule has 1 rings (SSSR count). The van der Waals surface area contributed by atoms with Crippen LogP contribution in [0.5, 0.6) is 0 Å². The van der Waals surface area contributed by atoms with Gasteiger partial charge in [-0.25, -0.2) is 17.9 Å². The molecule has 0 aliphatic rings. The summed E-state index contributed by atoms with van der Waals surface area (Å²) >= 11 is 11.4. The Labute approximate surface area is 120 Å². The van der Waals surface area contributed by atoms with E-state index in [-0.39, 0.29) is 14.9 Å². The molecule has 0 radical (unpaired) electrons. The van der Waals surface area contributed by atoms with Gasteiger partial charge in [-0.2, -0.15) is 0 Å². The van der Waals surface area contributed by atoms with Crippen molar-refractivity contribution in [1.29, 1.82) is 0 Å². The molecule has 106 valence electrons. The fourth-order valence-corrected chi connectivity index (χ4v) is 2.96. The van der Waals surface area contributed by atoms with Crippen LogP contribution in [0.15, 0.2) is 23.1 Å². The van der Waals surface area contributed by atoms with Gasteiger partial charge < -0.3 is 10.2 Å². The van der Waals surface area contributed by atoms with Crippen LogP contribution in [0.4, 0.5) is 0 Å². The van der Waals surface area contributed by atoms with Crippen LogP contribution in [-0.4, -0.2) is 36.7 Å². The van der Waals surface area contributed by atoms with Crippen LogP contribution >= 0.6 is 23.2 Å². The van der Waals surface area contributed by atoms with Crippen LogP contribution in [0.2, 0.25) is 10.0 Å². The molecular formula is C10H11Cl2NO5S.